The third-order valence-electron chi connectivity index (χ3n) is 8.57. The molecule has 1 aromatic heterocycles. The van der Waals surface area contributed by atoms with Gasteiger partial charge in [-0.3, -0.25) is 0 Å². The van der Waals surface area contributed by atoms with Crippen LogP contribution >= 0.6 is 11.8 Å². The Labute approximate surface area is 238 Å². The summed E-state index contributed by atoms with van der Waals surface area (Å²) in [6.07, 6.45) is 2.19. The van der Waals surface area contributed by atoms with Gasteiger partial charge in [-0.1, -0.05) is 109 Å². The van der Waals surface area contributed by atoms with Gasteiger partial charge in [0.15, 0.2) is 0 Å². The van der Waals surface area contributed by atoms with Crippen LogP contribution in [-0.4, -0.2) is 10.8 Å². The third-order valence-corrected chi connectivity index (χ3v) is 9.37. The molecule has 6 aromatic carbocycles. The van der Waals surface area contributed by atoms with Gasteiger partial charge >= 0.3 is 0 Å². The number of hydrogen-bond donors (Lipinski definition) is 0. The smallest absolute Gasteiger partial charge is 0.0724 e. The molecule has 1 heterocycles. The lowest BCUT2D eigenvalue weighted by Crippen LogP contribution is -2.29. The highest BCUT2D eigenvalue weighted by molar-refractivity contribution is 7.98. The molecule has 190 valence electrons. The summed E-state index contributed by atoms with van der Waals surface area (Å²) in [7, 11) is 0. The maximum absolute atomic E-state index is 2.50. The number of aromatic nitrogens is 1. The molecule has 0 radical (unpaired) electrons. The first kappa shape index (κ1) is 23.4. The van der Waals surface area contributed by atoms with Crippen LogP contribution in [0.3, 0.4) is 0 Å². The molecular weight excluding hydrogens is 502 g/mol. The Morgan fingerprint density at radius 3 is 1.95 bits per heavy atom. The van der Waals surface area contributed by atoms with Crippen molar-refractivity contribution >= 4 is 33.6 Å². The van der Waals surface area contributed by atoms with Gasteiger partial charge in [-0.2, -0.15) is 0 Å². The highest BCUT2D eigenvalue weighted by Gasteiger charge is 2.47. The second kappa shape index (κ2) is 9.01. The largest absolute Gasteiger partial charge is 0.309 e. The number of hydrogen-bond acceptors (Lipinski definition) is 1. The van der Waals surface area contributed by atoms with Gasteiger partial charge in [0.1, 0.15) is 0 Å². The minimum Gasteiger partial charge on any atom is -0.309 e. The van der Waals surface area contributed by atoms with Crippen molar-refractivity contribution in [1.82, 2.24) is 4.57 Å². The van der Waals surface area contributed by atoms with Crippen LogP contribution in [-0.2, 0) is 5.41 Å². The Morgan fingerprint density at radius 1 is 0.500 bits per heavy atom. The zero-order chi connectivity index (χ0) is 26.7. The van der Waals surface area contributed by atoms with Gasteiger partial charge in [-0.25, -0.2) is 0 Å². The molecule has 1 aliphatic rings. The van der Waals surface area contributed by atoms with Crippen LogP contribution in [0.4, 0.5) is 0 Å². The maximum atomic E-state index is 2.50. The van der Waals surface area contributed by atoms with Crippen LogP contribution in [0.1, 0.15) is 22.3 Å². The van der Waals surface area contributed by atoms with Crippen molar-refractivity contribution in [3.05, 3.63) is 168 Å². The summed E-state index contributed by atoms with van der Waals surface area (Å²) in [4.78, 5) is 1.31. The fraction of sp³-hybridized carbons (Fsp3) is 0.0526. The lowest BCUT2D eigenvalue weighted by Gasteiger charge is -2.35. The average molecular weight is 530 g/mol. The van der Waals surface area contributed by atoms with Gasteiger partial charge in [-0.05, 0) is 76.0 Å². The number of para-hydroxylation sites is 2. The van der Waals surface area contributed by atoms with Crippen molar-refractivity contribution in [2.24, 2.45) is 0 Å². The molecule has 0 N–H and O–H groups in total. The number of fused-ring (bicyclic) bond motifs is 6. The van der Waals surface area contributed by atoms with E-state index in [-0.39, 0.29) is 0 Å². The molecule has 0 saturated carbocycles. The van der Waals surface area contributed by atoms with E-state index >= 15 is 0 Å². The molecule has 8 rings (SSSR count). The first-order valence-electron chi connectivity index (χ1n) is 13.7. The molecule has 0 amide bonds. The summed E-state index contributed by atoms with van der Waals surface area (Å²) in [5.74, 6) is 0. The topological polar surface area (TPSA) is 4.93 Å². The summed E-state index contributed by atoms with van der Waals surface area (Å²) in [6, 6.07) is 53.6. The normalized spacial score (nSPS) is 15.8. The molecule has 40 heavy (non-hydrogen) atoms. The van der Waals surface area contributed by atoms with E-state index in [2.05, 4.69) is 156 Å². The van der Waals surface area contributed by atoms with Crippen molar-refractivity contribution in [3.63, 3.8) is 0 Å². The van der Waals surface area contributed by atoms with Gasteiger partial charge in [0.05, 0.1) is 16.4 Å². The summed E-state index contributed by atoms with van der Waals surface area (Å²) in [6.45, 7) is 0. The van der Waals surface area contributed by atoms with Crippen LogP contribution < -0.4 is 0 Å². The van der Waals surface area contributed by atoms with E-state index in [4.69, 9.17) is 0 Å². The van der Waals surface area contributed by atoms with E-state index < -0.39 is 5.41 Å². The van der Waals surface area contributed by atoms with Crippen LogP contribution in [0.5, 0.6) is 0 Å². The minimum atomic E-state index is -0.420. The zero-order valence-corrected chi connectivity index (χ0v) is 23.0. The summed E-state index contributed by atoms with van der Waals surface area (Å²) >= 11 is 1.83. The van der Waals surface area contributed by atoms with Gasteiger partial charge in [-0.15, -0.1) is 11.8 Å². The van der Waals surface area contributed by atoms with E-state index in [1.165, 1.54) is 65.8 Å². The first-order chi connectivity index (χ1) is 19.8. The molecular formula is C38H27NS. The molecule has 1 aliphatic carbocycles. The fourth-order valence-corrected chi connectivity index (χ4v) is 7.65. The van der Waals surface area contributed by atoms with Crippen molar-refractivity contribution in [1.29, 1.82) is 0 Å². The second-order valence-corrected chi connectivity index (χ2v) is 11.3. The average Bonchev–Trinajstić information content (AvgIpc) is 3.51. The lowest BCUT2D eigenvalue weighted by atomic mass is 9.67. The zero-order valence-electron chi connectivity index (χ0n) is 22.2. The maximum Gasteiger partial charge on any atom is 0.0724 e. The molecule has 1 unspecified atom stereocenters. The molecule has 0 fully saturated rings. The van der Waals surface area contributed by atoms with E-state index in [1.54, 1.807) is 0 Å². The van der Waals surface area contributed by atoms with Crippen LogP contribution in [0.2, 0.25) is 0 Å². The third kappa shape index (κ3) is 3.11. The molecule has 0 saturated heterocycles. The van der Waals surface area contributed by atoms with Crippen LogP contribution in [0.25, 0.3) is 38.6 Å². The summed E-state index contributed by atoms with van der Waals surface area (Å²) in [5, 5.41) is 2.56. The minimum absolute atomic E-state index is 0.420. The van der Waals surface area contributed by atoms with E-state index in [0.29, 0.717) is 0 Å². The molecule has 1 atom stereocenters. The second-order valence-electron chi connectivity index (χ2n) is 10.5. The summed E-state index contributed by atoms with van der Waals surface area (Å²) in [5.41, 5.74) is 11.2. The number of rotatable bonds is 4. The van der Waals surface area contributed by atoms with Gasteiger partial charge in [0.2, 0.25) is 0 Å². The number of benzene rings is 6. The predicted octanol–water partition coefficient (Wildman–Crippen LogP) is 9.87. The molecule has 2 heteroatoms. The lowest BCUT2D eigenvalue weighted by molar-refractivity contribution is 0.750. The molecule has 0 aliphatic heterocycles. The van der Waals surface area contributed by atoms with E-state index in [1.807, 2.05) is 11.8 Å². The van der Waals surface area contributed by atoms with Crippen molar-refractivity contribution in [2.45, 2.75) is 10.3 Å². The van der Waals surface area contributed by atoms with Crippen LogP contribution in [0, 0.1) is 0 Å². The Morgan fingerprint density at radius 2 is 1.15 bits per heavy atom. The Bertz CT molecular complexity index is 2040. The van der Waals surface area contributed by atoms with E-state index in [0.717, 1.165) is 0 Å². The van der Waals surface area contributed by atoms with Crippen LogP contribution in [0.15, 0.2) is 150 Å². The molecule has 0 spiro atoms. The molecule has 0 bridgehead atoms. The highest BCUT2D eigenvalue weighted by Crippen LogP contribution is 2.58. The number of nitrogens with zero attached hydrogens (tertiary/aromatic N) is 1. The fourth-order valence-electron chi connectivity index (χ4n) is 6.99. The quantitative estimate of drug-likeness (QED) is 0.205. The highest BCUT2D eigenvalue weighted by atomic mass is 32.2. The van der Waals surface area contributed by atoms with Crippen molar-refractivity contribution in [2.75, 3.05) is 6.26 Å². The van der Waals surface area contributed by atoms with Gasteiger partial charge in [0.25, 0.3) is 0 Å². The van der Waals surface area contributed by atoms with Gasteiger partial charge in [0, 0.05) is 21.4 Å². The molecule has 1 nitrogen and oxygen atoms in total. The van der Waals surface area contributed by atoms with Gasteiger partial charge < -0.3 is 4.57 Å². The Kier molecular flexibility index (Phi) is 5.26. The first-order valence-corrected chi connectivity index (χ1v) is 15.0. The van der Waals surface area contributed by atoms with Crippen molar-refractivity contribution < 1.29 is 0 Å². The monoisotopic (exact) mass is 529 g/mol. The van der Waals surface area contributed by atoms with E-state index in [9.17, 15) is 0 Å². The predicted molar refractivity (Wildman–Crippen MR) is 170 cm³/mol. The Hall–Kier alpha value is -4.53. The number of thioether (sulfide) groups is 1. The molecule has 7 aromatic rings. The standard InChI is InChI=1S/C38H27NS/c1-40-37-23-13-11-21-33(37)38(26-14-4-2-5-15-26)32-20-10-8-18-28(32)30-25-36-31(24-34(30)38)29-19-9-12-22-35(29)39(36)27-16-6-3-7-17-27/h2-25H,1H3. The SMILES string of the molecule is CSc1ccccc1C1(c2ccccc2)c2ccccc2-c2cc3c(cc21)c1ccccc1n3-c1ccccc1. The Balaban J connectivity index is 1.58. The van der Waals surface area contributed by atoms with Crippen molar-refractivity contribution in [3.8, 4) is 16.8 Å². The summed E-state index contributed by atoms with van der Waals surface area (Å²) < 4.78 is 2.42.